The molecule has 1 aliphatic carbocycles. The molecule has 0 amide bonds. The zero-order valence-corrected chi connectivity index (χ0v) is 18.0. The second kappa shape index (κ2) is 12.1. The van der Waals surface area contributed by atoms with Gasteiger partial charge < -0.3 is 26.0 Å². The van der Waals surface area contributed by atoms with Gasteiger partial charge in [-0.2, -0.15) is 9.97 Å². The van der Waals surface area contributed by atoms with Gasteiger partial charge in [0.25, 0.3) is 0 Å². The van der Waals surface area contributed by atoms with Crippen molar-refractivity contribution in [2.75, 3.05) is 75.0 Å². The van der Waals surface area contributed by atoms with E-state index in [-0.39, 0.29) is 0 Å². The van der Waals surface area contributed by atoms with Crippen molar-refractivity contribution >= 4 is 17.6 Å². The van der Waals surface area contributed by atoms with Crippen molar-refractivity contribution in [3.8, 4) is 0 Å². The second-order valence-corrected chi connectivity index (χ2v) is 8.07. The first-order chi connectivity index (χ1) is 14.2. The van der Waals surface area contributed by atoms with E-state index in [1.807, 2.05) is 13.0 Å². The quantitative estimate of drug-likeness (QED) is 0.481. The van der Waals surface area contributed by atoms with Crippen molar-refractivity contribution in [3.63, 3.8) is 0 Å². The number of rotatable bonds is 11. The fourth-order valence-corrected chi connectivity index (χ4v) is 4.13. The van der Waals surface area contributed by atoms with Crippen LogP contribution in [0.5, 0.6) is 0 Å². The largest absolute Gasteiger partial charge is 0.383 e. The monoisotopic (exact) mass is 405 g/mol. The molecule has 1 aromatic heterocycles. The van der Waals surface area contributed by atoms with Crippen LogP contribution < -0.4 is 21.3 Å². The number of aromatic nitrogens is 2. The van der Waals surface area contributed by atoms with Crippen molar-refractivity contribution in [3.05, 3.63) is 6.07 Å². The molecule has 0 unspecified atom stereocenters. The fraction of sp³-hybridized carbons (Fsp3) is 0.810. The fourth-order valence-electron chi connectivity index (χ4n) is 4.13. The zero-order valence-electron chi connectivity index (χ0n) is 18.0. The van der Waals surface area contributed by atoms with Gasteiger partial charge in [0.2, 0.25) is 5.95 Å². The molecule has 2 heterocycles. The number of nitrogens with two attached hydrogens (primary N) is 1. The Hall–Kier alpha value is -1.64. The Morgan fingerprint density at radius 3 is 2.66 bits per heavy atom. The predicted molar refractivity (Wildman–Crippen MR) is 120 cm³/mol. The molecule has 0 bridgehead atoms. The summed E-state index contributed by atoms with van der Waals surface area (Å²) >= 11 is 0. The average Bonchev–Trinajstić information content (AvgIpc) is 2.74. The zero-order chi connectivity index (χ0) is 20.3. The standard InChI is InChI=1S/C21H39N7O/c1-2-29-16-15-27-11-13-28(14-12-27)20-17-19(22)25-21(26-20)24-10-6-9-23-18-7-4-3-5-8-18/h17-18,23H,2-16H2,1H3,(H3,22,24,25,26). The topological polar surface area (TPSA) is 91.6 Å². The summed E-state index contributed by atoms with van der Waals surface area (Å²) in [5.41, 5.74) is 6.05. The van der Waals surface area contributed by atoms with Crippen LogP contribution in [0.25, 0.3) is 0 Å². The summed E-state index contributed by atoms with van der Waals surface area (Å²) < 4.78 is 5.46. The average molecular weight is 406 g/mol. The Bertz CT molecular complexity index is 586. The number of piperazine rings is 1. The number of nitrogens with one attached hydrogen (secondary N) is 2. The van der Waals surface area contributed by atoms with Gasteiger partial charge >= 0.3 is 0 Å². The molecular formula is C21H39N7O. The van der Waals surface area contributed by atoms with E-state index >= 15 is 0 Å². The first-order valence-corrected chi connectivity index (χ1v) is 11.4. The van der Waals surface area contributed by atoms with Crippen LogP contribution in [0.2, 0.25) is 0 Å². The lowest BCUT2D eigenvalue weighted by Gasteiger charge is -2.35. The van der Waals surface area contributed by atoms with E-state index in [4.69, 9.17) is 15.5 Å². The van der Waals surface area contributed by atoms with E-state index in [9.17, 15) is 0 Å². The van der Waals surface area contributed by atoms with Gasteiger partial charge in [0.1, 0.15) is 11.6 Å². The molecule has 0 aromatic carbocycles. The van der Waals surface area contributed by atoms with Crippen LogP contribution in [-0.2, 0) is 4.74 Å². The van der Waals surface area contributed by atoms with Gasteiger partial charge in [-0.3, -0.25) is 4.90 Å². The SMILES string of the molecule is CCOCCN1CCN(c2cc(N)nc(NCCCNC3CCCCC3)n2)CC1. The van der Waals surface area contributed by atoms with Crippen LogP contribution in [0.4, 0.5) is 17.6 Å². The van der Waals surface area contributed by atoms with E-state index in [0.29, 0.717) is 17.8 Å². The lowest BCUT2D eigenvalue weighted by Crippen LogP contribution is -2.47. The van der Waals surface area contributed by atoms with Crippen LogP contribution in [0.15, 0.2) is 6.07 Å². The Morgan fingerprint density at radius 1 is 1.10 bits per heavy atom. The van der Waals surface area contributed by atoms with E-state index in [2.05, 4.69) is 25.4 Å². The van der Waals surface area contributed by atoms with Crippen LogP contribution in [0.3, 0.4) is 0 Å². The first kappa shape index (κ1) is 22.1. The van der Waals surface area contributed by atoms with Gasteiger partial charge in [0.05, 0.1) is 6.61 Å². The highest BCUT2D eigenvalue weighted by molar-refractivity contribution is 5.51. The Balaban J connectivity index is 1.39. The highest BCUT2D eigenvalue weighted by Gasteiger charge is 2.19. The molecule has 2 fully saturated rings. The summed E-state index contributed by atoms with van der Waals surface area (Å²) in [6, 6.07) is 2.59. The Morgan fingerprint density at radius 2 is 1.90 bits per heavy atom. The number of nitrogen functional groups attached to an aromatic ring is 1. The number of ether oxygens (including phenoxy) is 1. The van der Waals surface area contributed by atoms with Gasteiger partial charge in [-0.05, 0) is 32.7 Å². The third-order valence-corrected chi connectivity index (χ3v) is 5.86. The van der Waals surface area contributed by atoms with Crippen molar-refractivity contribution in [1.29, 1.82) is 0 Å². The van der Waals surface area contributed by atoms with E-state index in [1.165, 1.54) is 32.1 Å². The summed E-state index contributed by atoms with van der Waals surface area (Å²) in [4.78, 5) is 13.8. The van der Waals surface area contributed by atoms with Crippen molar-refractivity contribution < 1.29 is 4.74 Å². The summed E-state index contributed by atoms with van der Waals surface area (Å²) in [7, 11) is 0. The number of hydrogen-bond donors (Lipinski definition) is 3. The molecule has 1 aliphatic heterocycles. The smallest absolute Gasteiger partial charge is 0.226 e. The Labute approximate surface area is 175 Å². The minimum atomic E-state index is 0.525. The van der Waals surface area contributed by atoms with Crippen molar-refractivity contribution in [1.82, 2.24) is 20.2 Å². The maximum atomic E-state index is 6.05. The van der Waals surface area contributed by atoms with E-state index in [0.717, 1.165) is 71.3 Å². The second-order valence-electron chi connectivity index (χ2n) is 8.07. The number of anilines is 3. The van der Waals surface area contributed by atoms with Gasteiger partial charge in [0, 0.05) is 58.0 Å². The summed E-state index contributed by atoms with van der Waals surface area (Å²) in [6.07, 6.45) is 7.86. The van der Waals surface area contributed by atoms with Gasteiger partial charge in [-0.1, -0.05) is 19.3 Å². The molecule has 2 aliphatic rings. The molecule has 0 spiro atoms. The van der Waals surface area contributed by atoms with Crippen LogP contribution >= 0.6 is 0 Å². The molecule has 1 saturated heterocycles. The van der Waals surface area contributed by atoms with Gasteiger partial charge in [-0.15, -0.1) is 0 Å². The molecule has 8 heteroatoms. The molecule has 1 saturated carbocycles. The maximum Gasteiger partial charge on any atom is 0.226 e. The maximum absolute atomic E-state index is 6.05. The molecule has 4 N–H and O–H groups in total. The lowest BCUT2D eigenvalue weighted by molar-refractivity contribution is 0.111. The molecule has 164 valence electrons. The van der Waals surface area contributed by atoms with Crippen LogP contribution in [-0.4, -0.2) is 79.9 Å². The van der Waals surface area contributed by atoms with E-state index in [1.54, 1.807) is 0 Å². The van der Waals surface area contributed by atoms with Crippen LogP contribution in [0, 0.1) is 0 Å². The van der Waals surface area contributed by atoms with E-state index < -0.39 is 0 Å². The third-order valence-electron chi connectivity index (χ3n) is 5.86. The molecule has 1 aromatic rings. The summed E-state index contributed by atoms with van der Waals surface area (Å²) in [6.45, 7) is 10.5. The number of nitrogens with zero attached hydrogens (tertiary/aromatic N) is 4. The molecule has 0 atom stereocenters. The summed E-state index contributed by atoms with van der Waals surface area (Å²) in [5.74, 6) is 2.08. The van der Waals surface area contributed by atoms with Crippen molar-refractivity contribution in [2.45, 2.75) is 51.5 Å². The minimum Gasteiger partial charge on any atom is -0.383 e. The molecule has 3 rings (SSSR count). The molecule has 29 heavy (non-hydrogen) atoms. The lowest BCUT2D eigenvalue weighted by atomic mass is 9.95. The normalized spacial score (nSPS) is 18.9. The van der Waals surface area contributed by atoms with Gasteiger partial charge in [-0.25, -0.2) is 0 Å². The third kappa shape index (κ3) is 7.60. The number of hydrogen-bond acceptors (Lipinski definition) is 8. The highest BCUT2D eigenvalue weighted by Crippen LogP contribution is 2.19. The van der Waals surface area contributed by atoms with Crippen LogP contribution in [0.1, 0.15) is 45.4 Å². The highest BCUT2D eigenvalue weighted by atomic mass is 16.5. The first-order valence-electron chi connectivity index (χ1n) is 11.4. The Kier molecular flexibility index (Phi) is 9.24. The van der Waals surface area contributed by atoms with Gasteiger partial charge in [0.15, 0.2) is 0 Å². The molecule has 8 nitrogen and oxygen atoms in total. The minimum absolute atomic E-state index is 0.525. The molecular weight excluding hydrogens is 366 g/mol. The van der Waals surface area contributed by atoms with Crippen molar-refractivity contribution in [2.24, 2.45) is 0 Å². The summed E-state index contributed by atoms with van der Waals surface area (Å²) in [5, 5.41) is 7.03. The predicted octanol–water partition coefficient (Wildman–Crippen LogP) is 1.94. The molecule has 0 radical (unpaired) electrons.